The highest BCUT2D eigenvalue weighted by Gasteiger charge is 2.22. The first-order chi connectivity index (χ1) is 48.2. The van der Waals surface area contributed by atoms with Crippen LogP contribution < -0.4 is 44.6 Å². The maximum atomic E-state index is 12.1. The van der Waals surface area contributed by atoms with Crippen LogP contribution in [-0.4, -0.2) is 121 Å². The minimum absolute atomic E-state index is 0.123. The van der Waals surface area contributed by atoms with Gasteiger partial charge in [-0.05, 0) is 286 Å². The van der Waals surface area contributed by atoms with Crippen LogP contribution in [0.25, 0.3) is 45.1 Å². The molecular weight excluding hydrogens is 1420 g/mol. The van der Waals surface area contributed by atoms with Crippen molar-refractivity contribution in [3.05, 3.63) is 183 Å². The largest absolute Gasteiger partial charge is 0.397 e. The number of nitro benzene ring substituents is 2. The number of aromatic amines is 2. The van der Waals surface area contributed by atoms with Crippen LogP contribution in [0.3, 0.4) is 0 Å². The number of hydrogen-bond acceptors (Lipinski definition) is 20. The average Bonchev–Trinajstić information content (AvgIpc) is 0.763. The number of anilines is 3. The van der Waals surface area contributed by atoms with Gasteiger partial charge >= 0.3 is 11.4 Å². The summed E-state index contributed by atoms with van der Waals surface area (Å²) in [4.78, 5) is 89.5. The SMILES string of the molecule is Cc1cc(Br)c([N+](=O)[O-])cc1C.Cc1cc(N)c(NCCCCCO)cc1C.Cc1cc(NCCCCCO)c([N+](=O)[O-])cc1C.Cc1cc2nc3c(=O)[nH]c(=O)nc-3n(CCCCCBr)c2cc1C.Cc1cc2nc3c(=O)[nH]c(=O)nc-3n(CCCCCO)c2cc1C.NCCCCCO. The van der Waals surface area contributed by atoms with Gasteiger partial charge in [-0.1, -0.05) is 22.4 Å². The van der Waals surface area contributed by atoms with Crippen molar-refractivity contribution in [1.29, 1.82) is 0 Å². The van der Waals surface area contributed by atoms with Crippen molar-refractivity contribution in [1.82, 2.24) is 39.0 Å². The van der Waals surface area contributed by atoms with Gasteiger partial charge in [0.2, 0.25) is 0 Å². The highest BCUT2D eigenvalue weighted by atomic mass is 79.9. The number of rotatable bonds is 28. The number of nitro groups is 2. The van der Waals surface area contributed by atoms with Crippen molar-refractivity contribution in [2.45, 2.75) is 179 Å². The molecule has 0 aliphatic carbocycles. The third-order valence-electron chi connectivity index (χ3n) is 16.9. The molecule has 550 valence electrons. The monoisotopic (exact) mass is 1520 g/mol. The lowest BCUT2D eigenvalue weighted by atomic mass is 10.1. The lowest BCUT2D eigenvalue weighted by molar-refractivity contribution is -0.385. The zero-order chi connectivity index (χ0) is 74.9. The van der Waals surface area contributed by atoms with Crippen molar-refractivity contribution in [3.63, 3.8) is 0 Å². The highest BCUT2D eigenvalue weighted by Crippen LogP contribution is 2.31. The van der Waals surface area contributed by atoms with E-state index in [0.717, 1.165) is 187 Å². The summed E-state index contributed by atoms with van der Waals surface area (Å²) in [5.74, 6) is 0.668. The lowest BCUT2D eigenvalue weighted by Crippen LogP contribution is -2.29. The van der Waals surface area contributed by atoms with E-state index in [1.54, 1.807) is 18.2 Å². The number of aryl methyl sites for hydroxylation is 12. The molecule has 0 saturated heterocycles. The minimum atomic E-state index is -0.665. The van der Waals surface area contributed by atoms with Gasteiger partial charge in [0.15, 0.2) is 23.0 Å². The molecule has 4 aliphatic heterocycles. The summed E-state index contributed by atoms with van der Waals surface area (Å²) < 4.78 is 4.38. The summed E-state index contributed by atoms with van der Waals surface area (Å²) in [6.45, 7) is 24.4. The number of alkyl halides is 1. The quantitative estimate of drug-likeness (QED) is 0.00544. The molecule has 0 spiro atoms. The van der Waals surface area contributed by atoms with E-state index in [9.17, 15) is 39.4 Å². The summed E-state index contributed by atoms with van der Waals surface area (Å²) in [5.41, 5.74) is 26.0. The molecule has 28 heteroatoms. The number of aliphatic hydroxyl groups is 4. The van der Waals surface area contributed by atoms with Crippen molar-refractivity contribution >= 4 is 82.4 Å². The smallest absolute Gasteiger partial charge is 0.349 e. The van der Waals surface area contributed by atoms with Gasteiger partial charge in [-0.15, -0.1) is 0 Å². The summed E-state index contributed by atoms with van der Waals surface area (Å²) in [6.07, 6.45) is 14.1. The molecule has 0 amide bonds. The molecule has 101 heavy (non-hydrogen) atoms. The van der Waals surface area contributed by atoms with E-state index in [2.05, 4.69) is 98.4 Å². The molecule has 5 aromatic carbocycles. The molecular formula is C73H102Br2N14O12. The van der Waals surface area contributed by atoms with E-state index in [4.69, 9.17) is 31.9 Å². The minimum Gasteiger partial charge on any atom is -0.397 e. The Kier molecular flexibility index (Phi) is 37.1. The second-order valence-corrected chi connectivity index (χ2v) is 26.5. The topological polar surface area (TPSA) is 405 Å². The molecule has 0 aromatic heterocycles. The van der Waals surface area contributed by atoms with E-state index in [-0.39, 0.29) is 47.5 Å². The number of hydrogen-bond donors (Lipinski definition) is 10. The maximum absolute atomic E-state index is 12.1. The van der Waals surface area contributed by atoms with Crippen molar-refractivity contribution in [3.8, 4) is 23.0 Å². The first-order valence-electron chi connectivity index (χ1n) is 34.2. The fourth-order valence-electron chi connectivity index (χ4n) is 10.3. The standard InChI is InChI=1S/C17H19BrN4O2.C17H20N4O3.C13H20N2O3.C13H22N2O.C8H8BrNO2.C5H13NO/c1-10-8-12-13(9-11(10)2)22(7-5-3-4-6-18)15-14(19-12)16(23)21-17(24)20-15;1-10-8-12-13(9-11(10)2)21(6-4-3-5-7-22)15-14(18-12)16(23)20-17(24)19-15;1-10-8-12(14-6-4-3-5-7-16)13(15(17)18)9-11(10)2;1-10-8-12(14)13(9-11(10)2)15-6-4-3-5-7-16;1-5-3-7(9)8(10(11)12)4-6(5)2;6-4-2-1-3-5-7/h8-9H,3-7H2,1-2H3,(H,21,23,24);8-9,22H,3-7H2,1-2H3,(H,20,23,24);8-9,14,16H,3-7H2,1-2H3;8-9,15-16H,3-7,14H2,1-2H3;3-4H,1-2H3;7H,1-6H2. The van der Waals surface area contributed by atoms with Crippen LogP contribution in [0.5, 0.6) is 0 Å². The van der Waals surface area contributed by atoms with Gasteiger partial charge in [-0.2, -0.15) is 9.97 Å². The molecule has 0 fully saturated rings. The summed E-state index contributed by atoms with van der Waals surface area (Å²) in [6, 6.07) is 18.8. The van der Waals surface area contributed by atoms with Crippen LogP contribution in [0.15, 0.2) is 84.3 Å². The number of halogens is 2. The normalized spacial score (nSPS) is 10.8. The number of nitrogens with zero attached hydrogens (tertiary/aromatic N) is 8. The van der Waals surface area contributed by atoms with Gasteiger partial charge in [-0.25, -0.2) is 19.6 Å². The zero-order valence-corrected chi connectivity index (χ0v) is 63.2. The third-order valence-corrected chi connectivity index (χ3v) is 18.1. The number of benzene rings is 5. The molecule has 0 saturated carbocycles. The number of nitrogens with two attached hydrogens (primary N) is 2. The highest BCUT2D eigenvalue weighted by molar-refractivity contribution is 9.10. The second-order valence-electron chi connectivity index (χ2n) is 24.9. The predicted octanol–water partition coefficient (Wildman–Crippen LogP) is 12.5. The Labute approximate surface area is 606 Å². The van der Waals surface area contributed by atoms with Crippen LogP contribution in [-0.2, 0) is 13.1 Å². The van der Waals surface area contributed by atoms with E-state index >= 15 is 0 Å². The number of unbranched alkanes of at least 4 members (excludes halogenated alkanes) is 10. The molecule has 0 atom stereocenters. The van der Waals surface area contributed by atoms with E-state index in [1.807, 2.05) is 94.9 Å². The van der Waals surface area contributed by atoms with E-state index in [0.29, 0.717) is 53.6 Å². The first kappa shape index (κ1) is 85.0. The summed E-state index contributed by atoms with van der Waals surface area (Å²) in [7, 11) is 0. The molecule has 26 nitrogen and oxygen atoms in total. The number of nitrogens with one attached hydrogen (secondary N) is 4. The number of aliphatic hydroxyl groups excluding tert-OH is 4. The Balaban J connectivity index is 0.000000266. The molecule has 4 heterocycles. The zero-order valence-electron chi connectivity index (χ0n) is 60.0. The van der Waals surface area contributed by atoms with Crippen LogP contribution >= 0.6 is 31.9 Å². The van der Waals surface area contributed by atoms with Crippen molar-refractivity contribution in [2.75, 3.05) is 67.8 Å². The van der Waals surface area contributed by atoms with Crippen LogP contribution in [0, 0.1) is 89.5 Å². The summed E-state index contributed by atoms with van der Waals surface area (Å²) in [5, 5.41) is 63.3. The van der Waals surface area contributed by atoms with Crippen LogP contribution in [0.2, 0.25) is 0 Å². The molecule has 0 unspecified atom stereocenters. The van der Waals surface area contributed by atoms with E-state index < -0.39 is 27.4 Å². The van der Waals surface area contributed by atoms with Gasteiger partial charge in [-0.3, -0.25) is 39.8 Å². The van der Waals surface area contributed by atoms with Crippen molar-refractivity contribution < 1.29 is 30.3 Å². The van der Waals surface area contributed by atoms with Crippen LogP contribution in [0.4, 0.5) is 28.4 Å². The second kappa shape index (κ2) is 44.1. The molecule has 0 bridgehead atoms. The Morgan fingerprint density at radius 3 is 1.24 bits per heavy atom. The maximum Gasteiger partial charge on any atom is 0.349 e. The third kappa shape index (κ3) is 26.8. The number of nitrogen functional groups attached to an aromatic ring is 1. The van der Waals surface area contributed by atoms with Crippen molar-refractivity contribution in [2.24, 2.45) is 5.73 Å². The Bertz CT molecular complexity index is 4170. The van der Waals surface area contributed by atoms with Crippen LogP contribution in [0.1, 0.15) is 152 Å². The number of fused-ring (bicyclic) bond motifs is 4. The lowest BCUT2D eigenvalue weighted by Gasteiger charge is -2.17. The number of aromatic nitrogens is 8. The van der Waals surface area contributed by atoms with Gasteiger partial charge in [0, 0.05) is 70.1 Å². The Morgan fingerprint density at radius 1 is 0.455 bits per heavy atom. The van der Waals surface area contributed by atoms with E-state index in [1.165, 1.54) is 11.1 Å². The average molecular weight is 1530 g/mol. The molecule has 12 N–H and O–H groups in total. The Morgan fingerprint density at radius 2 is 0.812 bits per heavy atom. The first-order valence-corrected chi connectivity index (χ1v) is 36.1. The van der Waals surface area contributed by atoms with Gasteiger partial charge < -0.3 is 51.7 Å². The molecule has 9 rings (SSSR count). The number of H-pyrrole nitrogens is 2. The molecule has 4 aliphatic rings. The Hall–Kier alpha value is -8.38. The van der Waals surface area contributed by atoms with Gasteiger partial charge in [0.1, 0.15) is 5.69 Å². The molecule has 0 radical (unpaired) electrons. The summed E-state index contributed by atoms with van der Waals surface area (Å²) >= 11 is 6.58. The van der Waals surface area contributed by atoms with Gasteiger partial charge in [0.25, 0.3) is 22.5 Å². The van der Waals surface area contributed by atoms with Gasteiger partial charge in [0.05, 0.1) is 47.8 Å². The fourth-order valence-corrected chi connectivity index (χ4v) is 11.3. The molecule has 5 aromatic rings. The fraction of sp³-hybridized carbons (Fsp3) is 0.479. The predicted molar refractivity (Wildman–Crippen MR) is 412 cm³/mol.